The normalized spacial score (nSPS) is 10.7. The van der Waals surface area contributed by atoms with E-state index in [1.807, 2.05) is 0 Å². The molecule has 11 heteroatoms. The predicted octanol–water partition coefficient (Wildman–Crippen LogP) is 3.73. The van der Waals surface area contributed by atoms with Crippen LogP contribution in [0.3, 0.4) is 0 Å². The maximum absolute atomic E-state index is 13.7. The highest BCUT2D eigenvalue weighted by Gasteiger charge is 2.11. The number of hydrogen-bond acceptors (Lipinski definition) is 7. The van der Waals surface area contributed by atoms with Crippen LogP contribution >= 0.6 is 11.6 Å². The molecule has 3 aromatic rings. The van der Waals surface area contributed by atoms with Crippen molar-refractivity contribution < 1.29 is 18.8 Å². The van der Waals surface area contributed by atoms with Gasteiger partial charge in [-0.3, -0.25) is 14.9 Å². The summed E-state index contributed by atoms with van der Waals surface area (Å²) in [4.78, 5) is 29.4. The van der Waals surface area contributed by atoms with Gasteiger partial charge in [0.1, 0.15) is 5.75 Å². The fourth-order valence-electron chi connectivity index (χ4n) is 2.16. The van der Waals surface area contributed by atoms with E-state index in [1.54, 1.807) is 18.2 Å². The lowest BCUT2D eigenvalue weighted by atomic mass is 10.2. The van der Waals surface area contributed by atoms with Crippen LogP contribution in [0.4, 0.5) is 10.1 Å². The van der Waals surface area contributed by atoms with Crippen LogP contribution in [-0.2, 0) is 0 Å². The van der Waals surface area contributed by atoms with Gasteiger partial charge in [-0.15, -0.1) is 0 Å². The molecule has 1 heterocycles. The molecule has 0 aliphatic heterocycles. The topological polar surface area (TPSA) is 120 Å². The average molecular weight is 416 g/mol. The Morgan fingerprint density at radius 1 is 1.28 bits per heavy atom. The molecule has 29 heavy (non-hydrogen) atoms. The molecule has 0 aliphatic rings. The number of carbonyl (C=O) groups is 1. The molecule has 0 saturated heterocycles. The highest BCUT2D eigenvalue weighted by atomic mass is 35.5. The Morgan fingerprint density at radius 3 is 2.86 bits per heavy atom. The van der Waals surface area contributed by atoms with Crippen molar-refractivity contribution in [3.63, 3.8) is 0 Å². The average Bonchev–Trinajstić information content (AvgIpc) is 2.71. The van der Waals surface area contributed by atoms with Crippen molar-refractivity contribution in [1.29, 1.82) is 0 Å². The van der Waals surface area contributed by atoms with Crippen molar-refractivity contribution in [2.75, 3.05) is 0 Å². The molecule has 0 aliphatic carbocycles. The number of hydrogen-bond donors (Lipinski definition) is 1. The van der Waals surface area contributed by atoms with Crippen LogP contribution in [0.1, 0.15) is 15.9 Å². The van der Waals surface area contributed by atoms with Gasteiger partial charge in [-0.05, 0) is 35.4 Å². The molecular weight excluding hydrogens is 405 g/mol. The Balaban J connectivity index is 1.67. The minimum absolute atomic E-state index is 0.0875. The summed E-state index contributed by atoms with van der Waals surface area (Å²) in [5.74, 6) is -1.47. The summed E-state index contributed by atoms with van der Waals surface area (Å²) in [6.07, 6.45) is 2.21. The number of amides is 1. The van der Waals surface area contributed by atoms with Gasteiger partial charge < -0.3 is 4.74 Å². The summed E-state index contributed by atoms with van der Waals surface area (Å²) < 4.78 is 19.0. The summed E-state index contributed by atoms with van der Waals surface area (Å²) in [5, 5.41) is 14.4. The number of non-ortho nitro benzene ring substituents is 1. The van der Waals surface area contributed by atoms with Crippen molar-refractivity contribution in [1.82, 2.24) is 15.4 Å². The van der Waals surface area contributed by atoms with Gasteiger partial charge in [0, 0.05) is 17.7 Å². The molecule has 146 valence electrons. The highest BCUT2D eigenvalue weighted by Crippen LogP contribution is 2.23. The van der Waals surface area contributed by atoms with Gasteiger partial charge in [0.05, 0.1) is 17.3 Å². The summed E-state index contributed by atoms with van der Waals surface area (Å²) in [6.45, 7) is 0. The molecule has 0 radical (unpaired) electrons. The fourth-order valence-corrected chi connectivity index (χ4v) is 2.29. The van der Waals surface area contributed by atoms with E-state index in [4.69, 9.17) is 16.3 Å². The van der Waals surface area contributed by atoms with Gasteiger partial charge in [0.15, 0.2) is 0 Å². The summed E-state index contributed by atoms with van der Waals surface area (Å²) in [6, 6.07) is 11.6. The Kier molecular flexibility index (Phi) is 6.05. The number of halogens is 2. The van der Waals surface area contributed by atoms with E-state index in [0.717, 1.165) is 12.3 Å². The Labute approximate surface area is 168 Å². The zero-order valence-corrected chi connectivity index (χ0v) is 15.2. The Hall–Kier alpha value is -3.92. The number of nitrogens with one attached hydrogen (secondary N) is 1. The van der Waals surface area contributed by atoms with E-state index in [-0.39, 0.29) is 28.2 Å². The maximum atomic E-state index is 13.7. The summed E-state index contributed by atoms with van der Waals surface area (Å²) >= 11 is 5.62. The quantitative estimate of drug-likeness (QED) is 0.283. The SMILES string of the molecule is O=C(N/N=C\c1cccc(Oc2nc(Cl)ncc2F)c1)c1cccc([N+](=O)[O-])c1. The van der Waals surface area contributed by atoms with Gasteiger partial charge >= 0.3 is 0 Å². The lowest BCUT2D eigenvalue weighted by Gasteiger charge is -2.06. The maximum Gasteiger partial charge on any atom is 0.271 e. The van der Waals surface area contributed by atoms with Crippen molar-refractivity contribution in [3.8, 4) is 11.6 Å². The minimum atomic E-state index is -0.780. The zero-order valence-electron chi connectivity index (χ0n) is 14.5. The second-order valence-electron chi connectivity index (χ2n) is 5.47. The Morgan fingerprint density at radius 2 is 2.07 bits per heavy atom. The molecular formula is C18H11ClFN5O4. The van der Waals surface area contributed by atoms with Crippen molar-refractivity contribution >= 4 is 29.4 Å². The van der Waals surface area contributed by atoms with Crippen LogP contribution in [0.25, 0.3) is 0 Å². The third kappa shape index (κ3) is 5.30. The van der Waals surface area contributed by atoms with Crippen LogP contribution in [0.2, 0.25) is 5.28 Å². The van der Waals surface area contributed by atoms with Crippen LogP contribution in [0, 0.1) is 15.9 Å². The first kappa shape index (κ1) is 19.8. The van der Waals surface area contributed by atoms with Gasteiger partial charge in [-0.25, -0.2) is 10.4 Å². The molecule has 2 aromatic carbocycles. The van der Waals surface area contributed by atoms with Crippen molar-refractivity contribution in [3.05, 3.63) is 87.1 Å². The molecule has 0 spiro atoms. The van der Waals surface area contributed by atoms with E-state index in [9.17, 15) is 19.3 Å². The molecule has 1 amide bonds. The number of carbonyl (C=O) groups excluding carboxylic acids is 1. The van der Waals surface area contributed by atoms with Gasteiger partial charge in [-0.1, -0.05) is 18.2 Å². The standard InChI is InChI=1S/C18H11ClFN5O4/c19-18-21-10-15(20)17(23-18)29-14-6-1-3-11(7-14)9-22-24-16(26)12-4-2-5-13(8-12)25(27)28/h1-10H,(H,24,26)/b22-9-. The third-order valence-corrected chi connectivity index (χ3v) is 3.64. The molecule has 0 unspecified atom stereocenters. The minimum Gasteiger partial charge on any atom is -0.436 e. The summed E-state index contributed by atoms with van der Waals surface area (Å²) in [5.41, 5.74) is 2.68. The van der Waals surface area contributed by atoms with Gasteiger partial charge in [-0.2, -0.15) is 14.5 Å². The second-order valence-corrected chi connectivity index (χ2v) is 5.81. The van der Waals surface area contributed by atoms with Crippen LogP contribution in [-0.4, -0.2) is 27.0 Å². The largest absolute Gasteiger partial charge is 0.436 e. The van der Waals surface area contributed by atoms with Crippen molar-refractivity contribution in [2.45, 2.75) is 0 Å². The smallest absolute Gasteiger partial charge is 0.271 e. The molecule has 3 rings (SSSR count). The van der Waals surface area contributed by atoms with E-state index >= 15 is 0 Å². The zero-order chi connectivity index (χ0) is 20.8. The number of hydrazone groups is 1. The van der Waals surface area contributed by atoms with Crippen molar-refractivity contribution in [2.24, 2.45) is 5.10 Å². The first-order chi connectivity index (χ1) is 13.9. The summed E-state index contributed by atoms with van der Waals surface area (Å²) in [7, 11) is 0. The number of aromatic nitrogens is 2. The first-order valence-corrected chi connectivity index (χ1v) is 8.34. The van der Waals surface area contributed by atoms with E-state index in [2.05, 4.69) is 20.5 Å². The monoisotopic (exact) mass is 415 g/mol. The molecule has 0 fully saturated rings. The van der Waals surface area contributed by atoms with Crippen LogP contribution < -0.4 is 10.2 Å². The molecule has 9 nitrogen and oxygen atoms in total. The first-order valence-electron chi connectivity index (χ1n) is 7.96. The molecule has 1 N–H and O–H groups in total. The third-order valence-electron chi connectivity index (χ3n) is 3.45. The number of benzene rings is 2. The number of nitro benzene ring substituents is 1. The molecule has 1 aromatic heterocycles. The van der Waals surface area contributed by atoms with E-state index in [0.29, 0.717) is 5.56 Å². The van der Waals surface area contributed by atoms with E-state index < -0.39 is 16.6 Å². The predicted molar refractivity (Wildman–Crippen MR) is 102 cm³/mol. The van der Waals surface area contributed by atoms with Crippen LogP contribution in [0.15, 0.2) is 59.8 Å². The number of ether oxygens (including phenoxy) is 1. The van der Waals surface area contributed by atoms with Gasteiger partial charge in [0.25, 0.3) is 17.5 Å². The fraction of sp³-hybridized carbons (Fsp3) is 0. The highest BCUT2D eigenvalue weighted by molar-refractivity contribution is 6.28. The van der Waals surface area contributed by atoms with Crippen LogP contribution in [0.5, 0.6) is 11.6 Å². The molecule has 0 saturated carbocycles. The van der Waals surface area contributed by atoms with Gasteiger partial charge in [0.2, 0.25) is 11.1 Å². The second kappa shape index (κ2) is 8.85. The molecule has 0 atom stereocenters. The number of nitro groups is 1. The Bertz CT molecular complexity index is 1110. The molecule has 0 bridgehead atoms. The van der Waals surface area contributed by atoms with E-state index in [1.165, 1.54) is 30.5 Å². The number of rotatable bonds is 6. The number of nitrogens with zero attached hydrogens (tertiary/aromatic N) is 4. The lowest BCUT2D eigenvalue weighted by molar-refractivity contribution is -0.384. The lowest BCUT2D eigenvalue weighted by Crippen LogP contribution is -2.17.